The van der Waals surface area contributed by atoms with E-state index in [4.69, 9.17) is 12.2 Å². The predicted molar refractivity (Wildman–Crippen MR) is 84.3 cm³/mol. The summed E-state index contributed by atoms with van der Waals surface area (Å²) in [7, 11) is 0. The summed E-state index contributed by atoms with van der Waals surface area (Å²) in [4.78, 5) is 2.43. The highest BCUT2D eigenvalue weighted by molar-refractivity contribution is 7.71. The monoisotopic (exact) mass is 288 g/mol. The Morgan fingerprint density at radius 3 is 2.30 bits per heavy atom. The molecule has 1 aromatic carbocycles. The summed E-state index contributed by atoms with van der Waals surface area (Å²) in [6.07, 6.45) is 2.60. The number of aromatic amines is 1. The molecule has 1 fully saturated rings. The molecule has 1 aliphatic rings. The van der Waals surface area contributed by atoms with Crippen LogP contribution in [0.25, 0.3) is 5.69 Å². The van der Waals surface area contributed by atoms with Crippen molar-refractivity contribution in [2.24, 2.45) is 0 Å². The molecule has 0 aliphatic carbocycles. The van der Waals surface area contributed by atoms with Gasteiger partial charge in [0.25, 0.3) is 0 Å². The fourth-order valence-electron chi connectivity index (χ4n) is 2.73. The van der Waals surface area contributed by atoms with Crippen molar-refractivity contribution < 1.29 is 0 Å². The standard InChI is InChI=1S/C15H20N4S/c1-11(2)14-16-17-15(20)19(14)13-7-5-12(6-8-13)18-9-3-4-10-18/h5-8,11H,3-4,9-10H2,1-2H3,(H,17,20). The van der Waals surface area contributed by atoms with E-state index in [1.165, 1.54) is 31.6 Å². The van der Waals surface area contributed by atoms with E-state index in [1.54, 1.807) is 0 Å². The third kappa shape index (κ3) is 2.38. The number of H-pyrrole nitrogens is 1. The molecule has 4 nitrogen and oxygen atoms in total. The Hall–Kier alpha value is -1.62. The topological polar surface area (TPSA) is 36.9 Å². The van der Waals surface area contributed by atoms with Crippen LogP contribution >= 0.6 is 12.2 Å². The van der Waals surface area contributed by atoms with Gasteiger partial charge in [-0.15, -0.1) is 0 Å². The highest BCUT2D eigenvalue weighted by Gasteiger charge is 2.14. The van der Waals surface area contributed by atoms with E-state index >= 15 is 0 Å². The van der Waals surface area contributed by atoms with Crippen molar-refractivity contribution in [3.63, 3.8) is 0 Å². The smallest absolute Gasteiger partial charge is 0.199 e. The van der Waals surface area contributed by atoms with Crippen molar-refractivity contribution in [1.82, 2.24) is 14.8 Å². The van der Waals surface area contributed by atoms with Crippen molar-refractivity contribution in [1.29, 1.82) is 0 Å². The first-order valence-corrected chi connectivity index (χ1v) is 7.60. The zero-order chi connectivity index (χ0) is 14.1. The van der Waals surface area contributed by atoms with Crippen LogP contribution in [0.4, 0.5) is 5.69 Å². The lowest BCUT2D eigenvalue weighted by Gasteiger charge is -2.18. The van der Waals surface area contributed by atoms with Gasteiger partial charge in [-0.1, -0.05) is 13.8 Å². The van der Waals surface area contributed by atoms with Gasteiger partial charge in [-0.25, -0.2) is 0 Å². The highest BCUT2D eigenvalue weighted by atomic mass is 32.1. The van der Waals surface area contributed by atoms with Gasteiger partial charge in [-0.05, 0) is 49.3 Å². The third-order valence-electron chi connectivity index (χ3n) is 3.79. The fraction of sp³-hybridized carbons (Fsp3) is 0.467. The van der Waals surface area contributed by atoms with Gasteiger partial charge >= 0.3 is 0 Å². The Kier molecular flexibility index (Phi) is 3.61. The summed E-state index contributed by atoms with van der Waals surface area (Å²) in [5, 5.41) is 7.22. The SMILES string of the molecule is CC(C)c1n[nH]c(=S)n1-c1ccc(N2CCCC2)cc1. The maximum atomic E-state index is 5.35. The summed E-state index contributed by atoms with van der Waals surface area (Å²) >= 11 is 5.35. The van der Waals surface area contributed by atoms with E-state index in [-0.39, 0.29) is 0 Å². The predicted octanol–water partition coefficient (Wildman–Crippen LogP) is 3.65. The molecule has 0 bridgehead atoms. The molecule has 20 heavy (non-hydrogen) atoms. The molecule has 0 radical (unpaired) electrons. The second-order valence-corrected chi connectivity index (χ2v) is 5.97. The molecular weight excluding hydrogens is 268 g/mol. The molecule has 5 heteroatoms. The van der Waals surface area contributed by atoms with E-state index in [2.05, 4.69) is 53.2 Å². The number of aromatic nitrogens is 3. The molecule has 2 aromatic rings. The summed E-state index contributed by atoms with van der Waals surface area (Å²) in [5.41, 5.74) is 2.38. The molecule has 0 atom stereocenters. The minimum absolute atomic E-state index is 0.334. The molecule has 1 saturated heterocycles. The largest absolute Gasteiger partial charge is 0.372 e. The van der Waals surface area contributed by atoms with E-state index < -0.39 is 0 Å². The molecule has 1 aliphatic heterocycles. The molecule has 2 heterocycles. The second-order valence-electron chi connectivity index (χ2n) is 5.59. The molecule has 0 unspecified atom stereocenters. The lowest BCUT2D eigenvalue weighted by Crippen LogP contribution is -2.17. The molecule has 0 amide bonds. The first kappa shape index (κ1) is 13.4. The molecule has 1 aromatic heterocycles. The number of anilines is 1. The van der Waals surface area contributed by atoms with Crippen LogP contribution in [-0.2, 0) is 0 Å². The van der Waals surface area contributed by atoms with Crippen LogP contribution in [0.1, 0.15) is 38.4 Å². The summed E-state index contributed by atoms with van der Waals surface area (Å²) < 4.78 is 2.68. The summed E-state index contributed by atoms with van der Waals surface area (Å²) in [6, 6.07) is 8.62. The van der Waals surface area contributed by atoms with Crippen molar-refractivity contribution in [3.05, 3.63) is 34.9 Å². The zero-order valence-electron chi connectivity index (χ0n) is 12.0. The van der Waals surface area contributed by atoms with Gasteiger partial charge < -0.3 is 4.90 Å². The van der Waals surface area contributed by atoms with Crippen LogP contribution in [0, 0.1) is 4.77 Å². The third-order valence-corrected chi connectivity index (χ3v) is 4.07. The van der Waals surface area contributed by atoms with Crippen LogP contribution < -0.4 is 4.90 Å². The minimum atomic E-state index is 0.334. The van der Waals surface area contributed by atoms with E-state index in [0.717, 1.165) is 11.5 Å². The summed E-state index contributed by atoms with van der Waals surface area (Å²) in [6.45, 7) is 6.59. The fourth-order valence-corrected chi connectivity index (χ4v) is 2.98. The van der Waals surface area contributed by atoms with Crippen molar-refractivity contribution in [2.75, 3.05) is 18.0 Å². The average Bonchev–Trinajstić information content (AvgIpc) is 3.08. The van der Waals surface area contributed by atoms with Crippen molar-refractivity contribution >= 4 is 17.9 Å². The van der Waals surface area contributed by atoms with Crippen molar-refractivity contribution in [3.8, 4) is 5.69 Å². The van der Waals surface area contributed by atoms with Crippen LogP contribution in [0.15, 0.2) is 24.3 Å². The number of rotatable bonds is 3. The first-order valence-electron chi connectivity index (χ1n) is 7.19. The number of nitrogens with one attached hydrogen (secondary N) is 1. The van der Waals surface area contributed by atoms with Gasteiger partial charge in [-0.2, -0.15) is 5.10 Å². The Bertz CT molecular complexity index is 633. The average molecular weight is 288 g/mol. The van der Waals surface area contributed by atoms with Crippen LogP contribution in [0.2, 0.25) is 0 Å². The minimum Gasteiger partial charge on any atom is -0.372 e. The maximum absolute atomic E-state index is 5.35. The maximum Gasteiger partial charge on any atom is 0.199 e. The molecule has 3 rings (SSSR count). The lowest BCUT2D eigenvalue weighted by molar-refractivity contribution is 0.744. The lowest BCUT2D eigenvalue weighted by atomic mass is 10.2. The molecule has 0 spiro atoms. The van der Waals surface area contributed by atoms with Gasteiger partial charge in [0.1, 0.15) is 5.82 Å². The number of hydrogen-bond acceptors (Lipinski definition) is 3. The molecule has 0 saturated carbocycles. The van der Waals surface area contributed by atoms with Crippen LogP contribution in [0.5, 0.6) is 0 Å². The van der Waals surface area contributed by atoms with E-state index in [9.17, 15) is 0 Å². The van der Waals surface area contributed by atoms with Gasteiger partial charge in [0.15, 0.2) is 4.77 Å². The van der Waals surface area contributed by atoms with E-state index in [1.807, 2.05) is 4.57 Å². The van der Waals surface area contributed by atoms with Crippen LogP contribution in [0.3, 0.4) is 0 Å². The van der Waals surface area contributed by atoms with Crippen LogP contribution in [-0.4, -0.2) is 27.9 Å². The zero-order valence-corrected chi connectivity index (χ0v) is 12.8. The van der Waals surface area contributed by atoms with Crippen molar-refractivity contribution in [2.45, 2.75) is 32.6 Å². The highest BCUT2D eigenvalue weighted by Crippen LogP contribution is 2.23. The molecule has 1 N–H and O–H groups in total. The van der Waals surface area contributed by atoms with E-state index in [0.29, 0.717) is 10.7 Å². The van der Waals surface area contributed by atoms with Gasteiger partial charge in [-0.3, -0.25) is 9.67 Å². The number of nitrogens with zero attached hydrogens (tertiary/aromatic N) is 3. The van der Waals surface area contributed by atoms with Gasteiger partial charge in [0, 0.05) is 30.4 Å². The Labute approximate surface area is 124 Å². The Morgan fingerprint density at radius 2 is 1.70 bits per heavy atom. The van der Waals surface area contributed by atoms with Gasteiger partial charge in [0.2, 0.25) is 0 Å². The first-order chi connectivity index (χ1) is 9.66. The number of hydrogen-bond donors (Lipinski definition) is 1. The molecular formula is C15H20N4S. The Balaban J connectivity index is 1.95. The molecule has 106 valence electrons. The van der Waals surface area contributed by atoms with Gasteiger partial charge in [0.05, 0.1) is 0 Å². The Morgan fingerprint density at radius 1 is 1.10 bits per heavy atom. The number of benzene rings is 1. The summed E-state index contributed by atoms with van der Waals surface area (Å²) in [5.74, 6) is 1.31. The quantitative estimate of drug-likeness (QED) is 0.876. The normalized spacial score (nSPS) is 15.2. The second kappa shape index (κ2) is 5.40.